The highest BCUT2D eigenvalue weighted by Gasteiger charge is 2.10. The second-order valence-corrected chi connectivity index (χ2v) is 5.85. The Bertz CT molecular complexity index is 704. The molecular formula is C20H28N4O2. The van der Waals surface area contributed by atoms with Crippen LogP contribution in [0.3, 0.4) is 0 Å². The van der Waals surface area contributed by atoms with E-state index in [1.807, 2.05) is 36.4 Å². The molecule has 0 amide bonds. The normalized spacial score (nSPS) is 11.2. The van der Waals surface area contributed by atoms with Gasteiger partial charge in [0.05, 0.1) is 13.2 Å². The average molecular weight is 356 g/mol. The lowest BCUT2D eigenvalue weighted by atomic mass is 10.2. The Balaban J connectivity index is 2.08. The van der Waals surface area contributed by atoms with Gasteiger partial charge in [-0.2, -0.15) is 0 Å². The fraction of sp³-hybridized carbons (Fsp3) is 0.400. The van der Waals surface area contributed by atoms with Crippen LogP contribution in [0.15, 0.2) is 47.6 Å². The minimum atomic E-state index is 0.395. The lowest BCUT2D eigenvalue weighted by Gasteiger charge is -2.13. The van der Waals surface area contributed by atoms with E-state index in [0.29, 0.717) is 36.5 Å². The fourth-order valence-corrected chi connectivity index (χ4v) is 2.23. The van der Waals surface area contributed by atoms with Gasteiger partial charge in [-0.25, -0.2) is 9.98 Å². The van der Waals surface area contributed by atoms with Crippen LogP contribution in [0.25, 0.3) is 0 Å². The first-order valence-electron chi connectivity index (χ1n) is 9.12. The van der Waals surface area contributed by atoms with Crippen LogP contribution in [0.4, 0.5) is 0 Å². The van der Waals surface area contributed by atoms with Crippen molar-refractivity contribution in [2.45, 2.75) is 39.7 Å². The molecule has 0 atom stereocenters. The number of benzene rings is 1. The van der Waals surface area contributed by atoms with E-state index in [4.69, 9.17) is 15.2 Å². The Labute approximate surface area is 155 Å². The monoisotopic (exact) mass is 356 g/mol. The summed E-state index contributed by atoms with van der Waals surface area (Å²) in [5.74, 6) is 2.28. The molecule has 0 aliphatic carbocycles. The van der Waals surface area contributed by atoms with Crippen molar-refractivity contribution in [1.29, 1.82) is 0 Å². The Morgan fingerprint density at radius 2 is 1.92 bits per heavy atom. The Hall–Kier alpha value is -2.76. The van der Waals surface area contributed by atoms with Crippen LogP contribution in [0.1, 0.15) is 38.7 Å². The maximum absolute atomic E-state index is 6.00. The Kier molecular flexibility index (Phi) is 8.26. The molecule has 0 unspecified atom stereocenters. The summed E-state index contributed by atoms with van der Waals surface area (Å²) < 4.78 is 11.7. The molecule has 140 valence electrons. The molecule has 3 N–H and O–H groups in total. The summed E-state index contributed by atoms with van der Waals surface area (Å²) in [6.07, 6.45) is 4.80. The number of aliphatic imine (C=N–C) groups is 1. The predicted molar refractivity (Wildman–Crippen MR) is 105 cm³/mol. The van der Waals surface area contributed by atoms with Crippen molar-refractivity contribution in [2.24, 2.45) is 10.7 Å². The van der Waals surface area contributed by atoms with Gasteiger partial charge in [-0.1, -0.05) is 38.5 Å². The van der Waals surface area contributed by atoms with Gasteiger partial charge in [0.15, 0.2) is 17.5 Å². The lowest BCUT2D eigenvalue weighted by Crippen LogP contribution is -2.32. The Morgan fingerprint density at radius 3 is 2.69 bits per heavy atom. The van der Waals surface area contributed by atoms with Crippen LogP contribution in [0.5, 0.6) is 17.4 Å². The van der Waals surface area contributed by atoms with Gasteiger partial charge in [0, 0.05) is 18.3 Å². The molecule has 0 radical (unpaired) electrons. The Morgan fingerprint density at radius 1 is 1.12 bits per heavy atom. The zero-order valence-corrected chi connectivity index (χ0v) is 15.6. The zero-order chi connectivity index (χ0) is 18.6. The largest absolute Gasteiger partial charge is 0.490 e. The van der Waals surface area contributed by atoms with E-state index >= 15 is 0 Å². The molecule has 0 saturated carbocycles. The number of guanidine groups is 1. The molecule has 1 aromatic carbocycles. The molecule has 6 heteroatoms. The molecule has 0 aliphatic heterocycles. The quantitative estimate of drug-likeness (QED) is 0.384. The first-order valence-corrected chi connectivity index (χ1v) is 9.12. The smallest absolute Gasteiger partial charge is 0.224 e. The summed E-state index contributed by atoms with van der Waals surface area (Å²) in [6.45, 7) is 6.06. The predicted octanol–water partition coefficient (Wildman–Crippen LogP) is 3.87. The van der Waals surface area contributed by atoms with E-state index in [9.17, 15) is 0 Å². The van der Waals surface area contributed by atoms with Crippen LogP contribution in [0.2, 0.25) is 0 Å². The van der Waals surface area contributed by atoms with Crippen molar-refractivity contribution < 1.29 is 9.47 Å². The molecule has 6 nitrogen and oxygen atoms in total. The zero-order valence-electron chi connectivity index (χ0n) is 15.6. The van der Waals surface area contributed by atoms with Gasteiger partial charge in [-0.05, 0) is 31.0 Å². The molecule has 0 spiro atoms. The third kappa shape index (κ3) is 6.27. The van der Waals surface area contributed by atoms with E-state index < -0.39 is 0 Å². The topological polar surface area (TPSA) is 81.8 Å². The van der Waals surface area contributed by atoms with Crippen molar-refractivity contribution in [2.75, 3.05) is 13.2 Å². The van der Waals surface area contributed by atoms with Crippen LogP contribution in [-0.4, -0.2) is 24.1 Å². The van der Waals surface area contributed by atoms with Crippen molar-refractivity contribution in [1.82, 2.24) is 10.3 Å². The number of para-hydroxylation sites is 2. The summed E-state index contributed by atoms with van der Waals surface area (Å²) in [5.41, 5.74) is 6.76. The highest BCUT2D eigenvalue weighted by atomic mass is 16.5. The summed E-state index contributed by atoms with van der Waals surface area (Å²) >= 11 is 0. The summed E-state index contributed by atoms with van der Waals surface area (Å²) in [5, 5.41) is 3.10. The second-order valence-electron chi connectivity index (χ2n) is 5.85. The number of unbranched alkanes of at least 4 members (excludes halogenated alkanes) is 1. The van der Waals surface area contributed by atoms with Gasteiger partial charge in [0.2, 0.25) is 5.88 Å². The van der Waals surface area contributed by atoms with Crippen molar-refractivity contribution in [3.8, 4) is 17.4 Å². The first kappa shape index (κ1) is 19.6. The standard InChI is InChI=1S/C20H28N4O2/c1-3-5-12-23-20(21)24-15-16-9-8-13-22-19(16)26-18-11-7-6-10-17(18)25-14-4-2/h6-11,13H,3-5,12,14-15H2,1-2H3,(H3,21,23,24). The van der Waals surface area contributed by atoms with Gasteiger partial charge >= 0.3 is 0 Å². The van der Waals surface area contributed by atoms with Crippen LogP contribution in [-0.2, 0) is 6.54 Å². The van der Waals surface area contributed by atoms with Gasteiger partial charge in [-0.15, -0.1) is 0 Å². The van der Waals surface area contributed by atoms with Crippen LogP contribution < -0.4 is 20.5 Å². The number of hydrogen-bond donors (Lipinski definition) is 2. The van der Waals surface area contributed by atoms with Gasteiger partial charge < -0.3 is 20.5 Å². The maximum atomic E-state index is 6.00. The van der Waals surface area contributed by atoms with E-state index in [0.717, 1.165) is 31.4 Å². The number of aromatic nitrogens is 1. The summed E-state index contributed by atoms with van der Waals surface area (Å²) in [6, 6.07) is 11.4. The number of pyridine rings is 1. The number of nitrogens with one attached hydrogen (secondary N) is 1. The molecule has 1 heterocycles. The number of nitrogens with zero attached hydrogens (tertiary/aromatic N) is 2. The fourth-order valence-electron chi connectivity index (χ4n) is 2.23. The van der Waals surface area contributed by atoms with Gasteiger partial charge in [0.1, 0.15) is 0 Å². The summed E-state index contributed by atoms with van der Waals surface area (Å²) in [4.78, 5) is 8.71. The van der Waals surface area contributed by atoms with E-state index in [-0.39, 0.29) is 0 Å². The van der Waals surface area contributed by atoms with E-state index in [1.165, 1.54) is 0 Å². The van der Waals surface area contributed by atoms with Crippen molar-refractivity contribution in [3.63, 3.8) is 0 Å². The van der Waals surface area contributed by atoms with Crippen LogP contribution >= 0.6 is 0 Å². The highest BCUT2D eigenvalue weighted by Crippen LogP contribution is 2.32. The van der Waals surface area contributed by atoms with Crippen molar-refractivity contribution >= 4 is 5.96 Å². The second kappa shape index (κ2) is 11.0. The minimum Gasteiger partial charge on any atom is -0.490 e. The molecule has 0 bridgehead atoms. The van der Waals surface area contributed by atoms with E-state index in [2.05, 4.69) is 29.1 Å². The van der Waals surface area contributed by atoms with Crippen LogP contribution in [0, 0.1) is 0 Å². The number of rotatable bonds is 10. The number of hydrogen-bond acceptors (Lipinski definition) is 4. The molecule has 1 aromatic heterocycles. The third-order valence-electron chi connectivity index (χ3n) is 3.62. The molecule has 2 aromatic rings. The molecular weight excluding hydrogens is 328 g/mol. The minimum absolute atomic E-state index is 0.395. The third-order valence-corrected chi connectivity index (χ3v) is 3.62. The molecule has 26 heavy (non-hydrogen) atoms. The maximum Gasteiger partial charge on any atom is 0.224 e. The SMILES string of the molecule is CCCCNC(N)=NCc1cccnc1Oc1ccccc1OCCC. The molecule has 0 aliphatic rings. The number of ether oxygens (including phenoxy) is 2. The molecule has 2 rings (SSSR count). The molecule has 0 saturated heterocycles. The lowest BCUT2D eigenvalue weighted by molar-refractivity contribution is 0.300. The van der Waals surface area contributed by atoms with E-state index in [1.54, 1.807) is 6.20 Å². The molecule has 0 fully saturated rings. The first-order chi connectivity index (χ1) is 12.7. The summed E-state index contributed by atoms with van der Waals surface area (Å²) in [7, 11) is 0. The van der Waals surface area contributed by atoms with Crippen molar-refractivity contribution in [3.05, 3.63) is 48.2 Å². The van der Waals surface area contributed by atoms with Gasteiger partial charge in [-0.3, -0.25) is 0 Å². The number of nitrogens with two attached hydrogens (primary N) is 1. The average Bonchev–Trinajstić information content (AvgIpc) is 2.67. The van der Waals surface area contributed by atoms with Gasteiger partial charge in [0.25, 0.3) is 0 Å². The highest BCUT2D eigenvalue weighted by molar-refractivity contribution is 5.77.